The molecule has 1 heterocycles. The van der Waals surface area contributed by atoms with Gasteiger partial charge in [0.05, 0.1) is 23.7 Å². The molecule has 0 spiro atoms. The maximum Gasteiger partial charge on any atom is 0.238 e. The monoisotopic (exact) mass is 360 g/mol. The molecule has 1 unspecified atom stereocenters. The highest BCUT2D eigenvalue weighted by Gasteiger charge is 2.31. The number of halogens is 1. The van der Waals surface area contributed by atoms with E-state index < -0.39 is 9.84 Å². The number of carbonyl (C=O) groups excluding carboxylic acids is 1. The summed E-state index contributed by atoms with van der Waals surface area (Å²) >= 11 is 3.36. The molecule has 0 aliphatic carbocycles. The first-order valence-electron chi connectivity index (χ1n) is 6.32. The quantitative estimate of drug-likeness (QED) is 0.883. The van der Waals surface area contributed by atoms with Crippen LogP contribution < -0.4 is 5.32 Å². The Morgan fingerprint density at radius 2 is 2.15 bits per heavy atom. The topological polar surface area (TPSA) is 66.5 Å². The fraction of sp³-hybridized carbons (Fsp3) is 0.462. The summed E-state index contributed by atoms with van der Waals surface area (Å²) in [5.41, 5.74) is 0.713. The van der Waals surface area contributed by atoms with Crippen LogP contribution in [0, 0.1) is 0 Å². The molecule has 1 aliphatic rings. The minimum absolute atomic E-state index is 0.0648. The predicted octanol–water partition coefficient (Wildman–Crippen LogP) is 1.51. The largest absolute Gasteiger partial charge is 0.324 e. The van der Waals surface area contributed by atoms with E-state index in [0.29, 0.717) is 12.1 Å². The van der Waals surface area contributed by atoms with Gasteiger partial charge >= 0.3 is 0 Å². The van der Waals surface area contributed by atoms with Crippen LogP contribution in [0.5, 0.6) is 0 Å². The first-order valence-corrected chi connectivity index (χ1v) is 8.94. The number of anilines is 1. The van der Waals surface area contributed by atoms with Crippen LogP contribution in [0.25, 0.3) is 0 Å². The second-order valence-corrected chi connectivity index (χ2v) is 8.08. The third-order valence-corrected chi connectivity index (χ3v) is 5.81. The van der Waals surface area contributed by atoms with Gasteiger partial charge in [-0.25, -0.2) is 8.42 Å². The zero-order chi connectivity index (χ0) is 14.8. The van der Waals surface area contributed by atoms with Crippen LogP contribution in [0.4, 0.5) is 5.69 Å². The zero-order valence-corrected chi connectivity index (χ0v) is 13.6. The lowest BCUT2D eigenvalue weighted by Crippen LogP contribution is -2.38. The number of para-hydroxylation sites is 1. The maximum atomic E-state index is 12.0. The number of nitrogens with one attached hydrogen (secondary N) is 1. The minimum atomic E-state index is -2.92. The Balaban J connectivity index is 1.90. The molecule has 0 aromatic heterocycles. The zero-order valence-electron chi connectivity index (χ0n) is 11.2. The van der Waals surface area contributed by atoms with Gasteiger partial charge in [-0.3, -0.25) is 9.69 Å². The van der Waals surface area contributed by atoms with Crippen LogP contribution in [-0.4, -0.2) is 50.4 Å². The molecule has 0 bridgehead atoms. The Hall–Kier alpha value is -0.920. The Morgan fingerprint density at radius 1 is 1.45 bits per heavy atom. The summed E-state index contributed by atoms with van der Waals surface area (Å²) in [6.07, 6.45) is 0.598. The van der Waals surface area contributed by atoms with Crippen molar-refractivity contribution in [2.75, 3.05) is 30.4 Å². The predicted molar refractivity (Wildman–Crippen MR) is 82.5 cm³/mol. The SMILES string of the molecule is CN(CC(=O)Nc1ccccc1Br)C1CCS(=O)(=O)C1. The van der Waals surface area contributed by atoms with E-state index in [4.69, 9.17) is 0 Å². The van der Waals surface area contributed by atoms with E-state index >= 15 is 0 Å². The number of hydrogen-bond acceptors (Lipinski definition) is 4. The van der Waals surface area contributed by atoms with Gasteiger partial charge in [0, 0.05) is 10.5 Å². The van der Waals surface area contributed by atoms with E-state index in [9.17, 15) is 13.2 Å². The van der Waals surface area contributed by atoms with E-state index in [0.717, 1.165) is 4.47 Å². The highest BCUT2D eigenvalue weighted by atomic mass is 79.9. The number of rotatable bonds is 4. The molecule has 0 radical (unpaired) electrons. The summed E-state index contributed by atoms with van der Waals surface area (Å²) in [6, 6.07) is 7.30. The van der Waals surface area contributed by atoms with Crippen LogP contribution in [-0.2, 0) is 14.6 Å². The van der Waals surface area contributed by atoms with Crippen LogP contribution in [0.2, 0.25) is 0 Å². The first-order chi connectivity index (χ1) is 9.37. The van der Waals surface area contributed by atoms with Gasteiger partial charge in [-0.1, -0.05) is 12.1 Å². The second kappa shape index (κ2) is 6.24. The lowest BCUT2D eigenvalue weighted by atomic mass is 10.2. The molecule has 1 aromatic carbocycles. The smallest absolute Gasteiger partial charge is 0.238 e. The molecule has 1 atom stereocenters. The van der Waals surface area contributed by atoms with Gasteiger partial charge in [0.15, 0.2) is 9.84 Å². The highest BCUT2D eigenvalue weighted by molar-refractivity contribution is 9.10. The molecule has 1 N–H and O–H groups in total. The van der Waals surface area contributed by atoms with E-state index in [1.54, 1.807) is 11.9 Å². The number of hydrogen-bond donors (Lipinski definition) is 1. The van der Waals surface area contributed by atoms with Crippen molar-refractivity contribution in [2.24, 2.45) is 0 Å². The number of benzene rings is 1. The van der Waals surface area contributed by atoms with Crippen LogP contribution in [0.3, 0.4) is 0 Å². The van der Waals surface area contributed by atoms with Gasteiger partial charge in [-0.2, -0.15) is 0 Å². The first kappa shape index (κ1) is 15.5. The lowest BCUT2D eigenvalue weighted by Gasteiger charge is -2.22. The van der Waals surface area contributed by atoms with Crippen LogP contribution >= 0.6 is 15.9 Å². The van der Waals surface area contributed by atoms with Gasteiger partial charge in [-0.05, 0) is 41.5 Å². The third-order valence-electron chi connectivity index (χ3n) is 3.37. The van der Waals surface area contributed by atoms with E-state index in [2.05, 4.69) is 21.2 Å². The molecule has 1 saturated heterocycles. The van der Waals surface area contributed by atoms with Crippen LogP contribution in [0.1, 0.15) is 6.42 Å². The number of sulfone groups is 1. The summed E-state index contributed by atoms with van der Waals surface area (Å²) in [7, 11) is -1.14. The van der Waals surface area contributed by atoms with Crippen molar-refractivity contribution < 1.29 is 13.2 Å². The summed E-state index contributed by atoms with van der Waals surface area (Å²) in [6.45, 7) is 0.182. The number of carbonyl (C=O) groups is 1. The van der Waals surface area contributed by atoms with Gasteiger partial charge in [0.1, 0.15) is 0 Å². The van der Waals surface area contributed by atoms with Crippen molar-refractivity contribution in [3.8, 4) is 0 Å². The average molecular weight is 361 g/mol. The van der Waals surface area contributed by atoms with Gasteiger partial charge in [0.25, 0.3) is 0 Å². The summed E-state index contributed by atoms with van der Waals surface area (Å²) in [5, 5.41) is 2.81. The Morgan fingerprint density at radius 3 is 2.75 bits per heavy atom. The standard InChI is InChI=1S/C13H17BrN2O3S/c1-16(10-6-7-20(18,19)9-10)8-13(17)15-12-5-3-2-4-11(12)14/h2-5,10H,6-9H2,1H3,(H,15,17). The Bertz CT molecular complexity index is 603. The number of nitrogens with zero attached hydrogens (tertiary/aromatic N) is 1. The minimum Gasteiger partial charge on any atom is -0.324 e. The Labute approximate surface area is 127 Å². The van der Waals surface area contributed by atoms with Crippen molar-refractivity contribution in [2.45, 2.75) is 12.5 Å². The molecular weight excluding hydrogens is 344 g/mol. The van der Waals surface area contributed by atoms with Crippen molar-refractivity contribution >= 4 is 37.4 Å². The van der Waals surface area contributed by atoms with Crippen molar-refractivity contribution in [1.82, 2.24) is 4.90 Å². The molecule has 110 valence electrons. The van der Waals surface area contributed by atoms with Gasteiger partial charge in [0.2, 0.25) is 5.91 Å². The molecule has 20 heavy (non-hydrogen) atoms. The third kappa shape index (κ3) is 4.04. The molecular formula is C13H17BrN2O3S. The molecule has 1 fully saturated rings. The van der Waals surface area contributed by atoms with Gasteiger partial charge in [-0.15, -0.1) is 0 Å². The summed E-state index contributed by atoms with van der Waals surface area (Å²) in [5.74, 6) is 0.211. The van der Waals surface area contributed by atoms with E-state index in [1.165, 1.54) is 0 Å². The fourth-order valence-electron chi connectivity index (χ4n) is 2.23. The maximum absolute atomic E-state index is 12.0. The average Bonchev–Trinajstić information content (AvgIpc) is 2.73. The van der Waals surface area contributed by atoms with E-state index in [-0.39, 0.29) is 30.0 Å². The number of amides is 1. The molecule has 5 nitrogen and oxygen atoms in total. The summed E-state index contributed by atoms with van der Waals surface area (Å²) in [4.78, 5) is 13.8. The van der Waals surface area contributed by atoms with Crippen molar-refractivity contribution in [3.05, 3.63) is 28.7 Å². The summed E-state index contributed by atoms with van der Waals surface area (Å²) < 4.78 is 23.7. The van der Waals surface area contributed by atoms with Gasteiger partial charge < -0.3 is 5.32 Å². The second-order valence-electron chi connectivity index (χ2n) is 5.00. The van der Waals surface area contributed by atoms with Crippen molar-refractivity contribution in [3.63, 3.8) is 0 Å². The molecule has 1 aromatic rings. The van der Waals surface area contributed by atoms with Crippen LogP contribution in [0.15, 0.2) is 28.7 Å². The molecule has 0 saturated carbocycles. The molecule has 2 rings (SSSR count). The molecule has 1 amide bonds. The van der Waals surface area contributed by atoms with Crippen molar-refractivity contribution in [1.29, 1.82) is 0 Å². The number of likely N-dealkylation sites (N-methyl/N-ethyl adjacent to an activating group) is 1. The lowest BCUT2D eigenvalue weighted by molar-refractivity contribution is -0.117. The fourth-order valence-corrected chi connectivity index (χ4v) is 4.42. The Kier molecular flexibility index (Phi) is 4.82. The highest BCUT2D eigenvalue weighted by Crippen LogP contribution is 2.21. The van der Waals surface area contributed by atoms with E-state index in [1.807, 2.05) is 24.3 Å². The molecule has 1 aliphatic heterocycles. The molecule has 7 heteroatoms. The normalized spacial score (nSPS) is 21.1.